The Balaban J connectivity index is 0.00000243. The van der Waals surface area contributed by atoms with Gasteiger partial charge in [0.25, 0.3) is 0 Å². The minimum Gasteiger partial charge on any atom is -0.356 e. The summed E-state index contributed by atoms with van der Waals surface area (Å²) in [6.45, 7) is 6.32. The summed E-state index contributed by atoms with van der Waals surface area (Å²) in [6.07, 6.45) is 1.21. The molecule has 8 heteroatoms. The second kappa shape index (κ2) is 10.1. The van der Waals surface area contributed by atoms with Gasteiger partial charge in [-0.25, -0.2) is 0 Å². The topological polar surface area (TPSA) is 64.7 Å². The van der Waals surface area contributed by atoms with Crippen molar-refractivity contribution in [2.45, 2.75) is 12.8 Å². The molecular weight excluding hydrogens is 375 g/mol. The van der Waals surface area contributed by atoms with Crippen LogP contribution in [0.3, 0.4) is 0 Å². The number of rotatable bonds is 6. The smallest absolute Gasteiger partial charge is 0.227 e. The number of nitrogens with zero attached hydrogens (tertiary/aromatic N) is 2. The normalized spacial score (nSPS) is 20.7. The number of carbonyl (C=O) groups excluding carboxylic acids is 2. The molecule has 0 saturated carbocycles. The fourth-order valence-corrected chi connectivity index (χ4v) is 3.47. The monoisotopic (exact) mass is 400 g/mol. The molecular formula is C18H26Cl2N4O2. The fourth-order valence-electron chi connectivity index (χ4n) is 3.35. The summed E-state index contributed by atoms with van der Waals surface area (Å²) in [7, 11) is 0. The molecule has 0 bridgehead atoms. The first-order chi connectivity index (χ1) is 12.1. The molecule has 0 radical (unpaired) electrons. The van der Waals surface area contributed by atoms with Gasteiger partial charge in [0, 0.05) is 56.4 Å². The molecule has 2 aliphatic rings. The highest BCUT2D eigenvalue weighted by molar-refractivity contribution is 6.30. The van der Waals surface area contributed by atoms with Crippen LogP contribution in [0.5, 0.6) is 0 Å². The Labute approximate surface area is 165 Å². The molecule has 2 aliphatic heterocycles. The van der Waals surface area contributed by atoms with Gasteiger partial charge in [-0.1, -0.05) is 11.6 Å². The van der Waals surface area contributed by atoms with E-state index in [1.807, 2.05) is 12.1 Å². The molecule has 2 fully saturated rings. The van der Waals surface area contributed by atoms with E-state index in [4.69, 9.17) is 11.6 Å². The van der Waals surface area contributed by atoms with Crippen molar-refractivity contribution in [1.29, 1.82) is 0 Å². The van der Waals surface area contributed by atoms with Crippen molar-refractivity contribution in [3.05, 3.63) is 29.3 Å². The third-order valence-electron chi connectivity index (χ3n) is 4.79. The molecule has 6 nitrogen and oxygen atoms in total. The lowest BCUT2D eigenvalue weighted by Crippen LogP contribution is -2.44. The van der Waals surface area contributed by atoms with Crippen molar-refractivity contribution < 1.29 is 9.59 Å². The van der Waals surface area contributed by atoms with Gasteiger partial charge in [0.1, 0.15) is 0 Å². The van der Waals surface area contributed by atoms with Crippen LogP contribution < -0.4 is 15.5 Å². The molecule has 0 spiro atoms. The van der Waals surface area contributed by atoms with Gasteiger partial charge in [0.15, 0.2) is 0 Å². The van der Waals surface area contributed by atoms with E-state index in [0.29, 0.717) is 18.1 Å². The van der Waals surface area contributed by atoms with Crippen molar-refractivity contribution in [3.63, 3.8) is 0 Å². The second-order valence-corrected chi connectivity index (χ2v) is 7.05. The number of hydrogen-bond acceptors (Lipinski definition) is 4. The molecule has 2 heterocycles. The first-order valence-corrected chi connectivity index (χ1v) is 9.28. The van der Waals surface area contributed by atoms with Crippen LogP contribution in [-0.2, 0) is 9.59 Å². The van der Waals surface area contributed by atoms with E-state index in [2.05, 4.69) is 15.5 Å². The van der Waals surface area contributed by atoms with Gasteiger partial charge in [-0.15, -0.1) is 12.4 Å². The Morgan fingerprint density at radius 3 is 2.62 bits per heavy atom. The predicted octanol–water partition coefficient (Wildman–Crippen LogP) is 1.53. The molecule has 1 unspecified atom stereocenters. The van der Waals surface area contributed by atoms with Crippen molar-refractivity contribution >= 4 is 41.5 Å². The third-order valence-corrected chi connectivity index (χ3v) is 5.05. The summed E-state index contributed by atoms with van der Waals surface area (Å²) >= 11 is 5.89. The number of halogens is 2. The largest absolute Gasteiger partial charge is 0.356 e. The minimum absolute atomic E-state index is 0. The molecule has 26 heavy (non-hydrogen) atoms. The molecule has 2 amide bonds. The average molecular weight is 401 g/mol. The standard InChI is InChI=1S/C18H25ClN4O2.ClH/c19-15-2-4-16(5-3-15)23-13-14(12-17(23)24)18(25)21-6-1-9-22-10-7-20-8-11-22;/h2-5,14,20H,1,6-13H2,(H,21,25);1H. The Hall–Kier alpha value is -1.34. The van der Waals surface area contributed by atoms with Crippen LogP contribution >= 0.6 is 24.0 Å². The van der Waals surface area contributed by atoms with E-state index < -0.39 is 0 Å². The van der Waals surface area contributed by atoms with Crippen LogP contribution in [0.4, 0.5) is 5.69 Å². The lowest BCUT2D eigenvalue weighted by Gasteiger charge is -2.27. The van der Waals surface area contributed by atoms with Crippen LogP contribution in [-0.4, -0.2) is 62.5 Å². The molecule has 2 saturated heterocycles. The Morgan fingerprint density at radius 1 is 1.23 bits per heavy atom. The number of amides is 2. The molecule has 1 aromatic rings. The van der Waals surface area contributed by atoms with Crippen molar-refractivity contribution in [2.24, 2.45) is 5.92 Å². The Bertz CT molecular complexity index is 606. The third kappa shape index (κ3) is 5.58. The highest BCUT2D eigenvalue weighted by Crippen LogP contribution is 2.26. The quantitative estimate of drug-likeness (QED) is 0.710. The van der Waals surface area contributed by atoms with Crippen LogP contribution in [0.2, 0.25) is 5.02 Å². The molecule has 1 atom stereocenters. The van der Waals surface area contributed by atoms with E-state index >= 15 is 0 Å². The Morgan fingerprint density at radius 2 is 1.92 bits per heavy atom. The van der Waals surface area contributed by atoms with E-state index in [1.54, 1.807) is 17.0 Å². The summed E-state index contributed by atoms with van der Waals surface area (Å²) in [5, 5.41) is 6.95. The summed E-state index contributed by atoms with van der Waals surface area (Å²) in [5.41, 5.74) is 0.795. The van der Waals surface area contributed by atoms with Crippen LogP contribution in [0, 0.1) is 5.92 Å². The maximum atomic E-state index is 12.3. The SMILES string of the molecule is Cl.O=C(NCCCN1CCNCC1)C1CC(=O)N(c2ccc(Cl)cc2)C1. The zero-order valence-corrected chi connectivity index (χ0v) is 16.3. The van der Waals surface area contributed by atoms with Crippen LogP contribution in [0.25, 0.3) is 0 Å². The number of benzene rings is 1. The molecule has 2 N–H and O–H groups in total. The van der Waals surface area contributed by atoms with Crippen molar-refractivity contribution in [2.75, 3.05) is 50.7 Å². The zero-order chi connectivity index (χ0) is 17.6. The summed E-state index contributed by atoms with van der Waals surface area (Å²) in [6, 6.07) is 7.14. The summed E-state index contributed by atoms with van der Waals surface area (Å²) in [4.78, 5) is 28.6. The maximum Gasteiger partial charge on any atom is 0.227 e. The lowest BCUT2D eigenvalue weighted by atomic mass is 10.1. The first kappa shape index (κ1) is 21.0. The van der Waals surface area contributed by atoms with Gasteiger partial charge in [-0.3, -0.25) is 9.59 Å². The van der Waals surface area contributed by atoms with E-state index in [-0.39, 0.29) is 36.6 Å². The lowest BCUT2D eigenvalue weighted by molar-refractivity contribution is -0.126. The molecule has 0 aromatic heterocycles. The number of piperazine rings is 1. The van der Waals surface area contributed by atoms with Crippen molar-refractivity contribution in [1.82, 2.24) is 15.5 Å². The van der Waals surface area contributed by atoms with Gasteiger partial charge < -0.3 is 20.4 Å². The highest BCUT2D eigenvalue weighted by Gasteiger charge is 2.34. The van der Waals surface area contributed by atoms with Gasteiger partial charge in [0.05, 0.1) is 5.92 Å². The zero-order valence-electron chi connectivity index (χ0n) is 14.7. The van der Waals surface area contributed by atoms with E-state index in [1.165, 1.54) is 0 Å². The highest BCUT2D eigenvalue weighted by atomic mass is 35.5. The van der Waals surface area contributed by atoms with Crippen LogP contribution in [0.1, 0.15) is 12.8 Å². The van der Waals surface area contributed by atoms with Gasteiger partial charge in [-0.2, -0.15) is 0 Å². The maximum absolute atomic E-state index is 12.3. The molecule has 1 aromatic carbocycles. The fraction of sp³-hybridized carbons (Fsp3) is 0.556. The second-order valence-electron chi connectivity index (χ2n) is 6.62. The Kier molecular flexibility index (Phi) is 8.15. The summed E-state index contributed by atoms with van der Waals surface area (Å²) in [5.74, 6) is -0.309. The predicted molar refractivity (Wildman–Crippen MR) is 106 cm³/mol. The summed E-state index contributed by atoms with van der Waals surface area (Å²) < 4.78 is 0. The number of anilines is 1. The van der Waals surface area contributed by atoms with Crippen molar-refractivity contribution in [3.8, 4) is 0 Å². The van der Waals surface area contributed by atoms with E-state index in [0.717, 1.165) is 44.8 Å². The number of hydrogen-bond donors (Lipinski definition) is 2. The minimum atomic E-state index is -0.276. The van der Waals surface area contributed by atoms with Gasteiger partial charge in [-0.05, 0) is 37.2 Å². The van der Waals surface area contributed by atoms with Gasteiger partial charge in [0.2, 0.25) is 11.8 Å². The average Bonchev–Trinajstić information content (AvgIpc) is 3.02. The van der Waals surface area contributed by atoms with Crippen LogP contribution in [0.15, 0.2) is 24.3 Å². The molecule has 3 rings (SSSR count). The molecule has 144 valence electrons. The molecule has 0 aliphatic carbocycles. The first-order valence-electron chi connectivity index (χ1n) is 8.90. The number of nitrogens with one attached hydrogen (secondary N) is 2. The number of carbonyl (C=O) groups is 2. The van der Waals surface area contributed by atoms with E-state index in [9.17, 15) is 9.59 Å². The van der Waals surface area contributed by atoms with Gasteiger partial charge >= 0.3 is 0 Å².